The van der Waals surface area contributed by atoms with E-state index in [0.29, 0.717) is 52.8 Å². The second kappa shape index (κ2) is 12.0. The van der Waals surface area contributed by atoms with Crippen molar-refractivity contribution in [3.05, 3.63) is 75.1 Å². The van der Waals surface area contributed by atoms with Gasteiger partial charge in [0.2, 0.25) is 5.91 Å². The van der Waals surface area contributed by atoms with Gasteiger partial charge in [-0.05, 0) is 73.9 Å². The van der Waals surface area contributed by atoms with Gasteiger partial charge in [-0.2, -0.15) is 0 Å². The van der Waals surface area contributed by atoms with E-state index in [4.69, 9.17) is 11.6 Å². The van der Waals surface area contributed by atoms with E-state index in [2.05, 4.69) is 0 Å². The number of amides is 4. The Bertz CT molecular complexity index is 1230. The lowest BCUT2D eigenvalue weighted by Crippen LogP contribution is -2.46. The van der Waals surface area contributed by atoms with Crippen molar-refractivity contribution in [3.8, 4) is 0 Å². The van der Waals surface area contributed by atoms with E-state index in [-0.39, 0.29) is 35.4 Å². The third-order valence-electron chi connectivity index (χ3n) is 6.75. The number of halogens is 1. The number of hydrogen-bond acceptors (Lipinski definition) is 5. The van der Waals surface area contributed by atoms with Crippen LogP contribution in [0.5, 0.6) is 0 Å². The van der Waals surface area contributed by atoms with Gasteiger partial charge >= 0.3 is 0 Å². The molecule has 4 amide bonds. The molecule has 0 N–H and O–H groups in total. The largest absolute Gasteiger partial charge is 0.343 e. The molecule has 2 aromatic rings. The Labute approximate surface area is 226 Å². The van der Waals surface area contributed by atoms with E-state index in [9.17, 15) is 19.2 Å². The van der Waals surface area contributed by atoms with E-state index in [0.717, 1.165) is 24.6 Å². The second-order valence-corrected chi connectivity index (χ2v) is 10.5. The van der Waals surface area contributed by atoms with Crippen molar-refractivity contribution < 1.29 is 19.2 Å². The van der Waals surface area contributed by atoms with Gasteiger partial charge < -0.3 is 9.80 Å². The fourth-order valence-electron chi connectivity index (χ4n) is 4.65. The maximum Gasteiger partial charge on any atom is 0.293 e. The number of nitrogens with zero attached hydrogens (tertiary/aromatic N) is 3. The zero-order valence-electron chi connectivity index (χ0n) is 21.0. The summed E-state index contributed by atoms with van der Waals surface area (Å²) in [6.45, 7) is 6.43. The molecule has 0 bridgehead atoms. The summed E-state index contributed by atoms with van der Waals surface area (Å²) in [5.74, 6) is -0.532. The van der Waals surface area contributed by atoms with Crippen molar-refractivity contribution >= 4 is 52.4 Å². The van der Waals surface area contributed by atoms with Crippen LogP contribution in [0.15, 0.2) is 53.4 Å². The zero-order chi connectivity index (χ0) is 26.5. The van der Waals surface area contributed by atoms with Gasteiger partial charge in [-0.3, -0.25) is 24.1 Å². The fraction of sp³-hybridized carbons (Fsp3) is 0.357. The van der Waals surface area contributed by atoms with Gasteiger partial charge in [-0.25, -0.2) is 0 Å². The number of hydrogen-bond donors (Lipinski definition) is 0. The van der Waals surface area contributed by atoms with Gasteiger partial charge in [0.05, 0.1) is 17.4 Å². The van der Waals surface area contributed by atoms with Crippen LogP contribution in [-0.2, 0) is 16.1 Å². The fourth-order valence-corrected chi connectivity index (χ4v) is 5.68. The first-order valence-corrected chi connectivity index (χ1v) is 13.7. The van der Waals surface area contributed by atoms with E-state index >= 15 is 0 Å². The number of likely N-dealkylation sites (tertiary alicyclic amines) is 1. The SMILES string of the molecule is CCN(CC)C(=O)[C@@H]1CCCN(C(=O)c2ccc(/C=C3\SC(=O)N(Cc4ccccc4Cl)C3=O)cc2)C1. The summed E-state index contributed by atoms with van der Waals surface area (Å²) in [7, 11) is 0. The van der Waals surface area contributed by atoms with Crippen molar-refractivity contribution in [1.82, 2.24) is 14.7 Å². The molecule has 0 radical (unpaired) electrons. The Kier molecular flexibility index (Phi) is 8.71. The molecule has 0 aromatic heterocycles. The minimum absolute atomic E-state index is 0.108. The Morgan fingerprint density at radius 3 is 2.46 bits per heavy atom. The molecule has 194 valence electrons. The maximum atomic E-state index is 13.1. The summed E-state index contributed by atoms with van der Waals surface area (Å²) in [4.78, 5) is 56.4. The molecule has 2 aliphatic rings. The van der Waals surface area contributed by atoms with E-state index in [1.54, 1.807) is 53.4 Å². The predicted molar refractivity (Wildman–Crippen MR) is 146 cm³/mol. The van der Waals surface area contributed by atoms with Gasteiger partial charge in [0.15, 0.2) is 0 Å². The summed E-state index contributed by atoms with van der Waals surface area (Å²) in [5, 5.41) is 0.158. The van der Waals surface area contributed by atoms with Gasteiger partial charge in [0, 0.05) is 36.8 Å². The summed E-state index contributed by atoms with van der Waals surface area (Å²) < 4.78 is 0. The molecular weight excluding hydrogens is 510 g/mol. The minimum atomic E-state index is -0.368. The Hall–Kier alpha value is -3.10. The highest BCUT2D eigenvalue weighted by Gasteiger charge is 2.35. The zero-order valence-corrected chi connectivity index (χ0v) is 22.6. The topological polar surface area (TPSA) is 78.0 Å². The van der Waals surface area contributed by atoms with Gasteiger partial charge in [-0.15, -0.1) is 0 Å². The summed E-state index contributed by atoms with van der Waals surface area (Å²) in [6.07, 6.45) is 3.25. The molecule has 1 atom stereocenters. The van der Waals surface area contributed by atoms with Crippen molar-refractivity contribution in [1.29, 1.82) is 0 Å². The average molecular weight is 540 g/mol. The van der Waals surface area contributed by atoms with Gasteiger partial charge in [0.1, 0.15) is 0 Å². The number of carbonyl (C=O) groups is 4. The highest BCUT2D eigenvalue weighted by molar-refractivity contribution is 8.18. The summed E-state index contributed by atoms with van der Waals surface area (Å²) in [6, 6.07) is 14.1. The molecule has 0 spiro atoms. The number of thioether (sulfide) groups is 1. The number of carbonyl (C=O) groups excluding carboxylic acids is 4. The highest BCUT2D eigenvalue weighted by atomic mass is 35.5. The van der Waals surface area contributed by atoms with Crippen LogP contribution in [0.3, 0.4) is 0 Å². The molecule has 7 nitrogen and oxygen atoms in total. The first-order valence-electron chi connectivity index (χ1n) is 12.5. The molecule has 2 heterocycles. The van der Waals surface area contributed by atoms with E-state index in [1.807, 2.05) is 24.8 Å². The molecule has 9 heteroatoms. The maximum absolute atomic E-state index is 13.1. The van der Waals surface area contributed by atoms with E-state index in [1.165, 1.54) is 4.90 Å². The Morgan fingerprint density at radius 1 is 1.08 bits per heavy atom. The molecular formula is C28H30ClN3O4S. The quantitative estimate of drug-likeness (QED) is 0.446. The van der Waals surface area contributed by atoms with Crippen LogP contribution in [0.4, 0.5) is 4.79 Å². The van der Waals surface area contributed by atoms with Crippen LogP contribution >= 0.6 is 23.4 Å². The minimum Gasteiger partial charge on any atom is -0.343 e. The highest BCUT2D eigenvalue weighted by Crippen LogP contribution is 2.34. The van der Waals surface area contributed by atoms with Gasteiger partial charge in [-0.1, -0.05) is 41.9 Å². The number of imide groups is 1. The molecule has 2 aliphatic heterocycles. The van der Waals surface area contributed by atoms with Crippen molar-refractivity contribution in [2.45, 2.75) is 33.2 Å². The first kappa shape index (κ1) is 26.9. The average Bonchev–Trinajstić information content (AvgIpc) is 3.17. The van der Waals surface area contributed by atoms with Crippen LogP contribution < -0.4 is 0 Å². The van der Waals surface area contributed by atoms with Crippen molar-refractivity contribution in [3.63, 3.8) is 0 Å². The lowest BCUT2D eigenvalue weighted by atomic mass is 9.95. The van der Waals surface area contributed by atoms with Crippen LogP contribution in [0.1, 0.15) is 48.2 Å². The normalized spacial score (nSPS) is 19.0. The Morgan fingerprint density at radius 2 is 1.78 bits per heavy atom. The van der Waals surface area contributed by atoms with Crippen LogP contribution in [0.25, 0.3) is 6.08 Å². The monoisotopic (exact) mass is 539 g/mol. The third kappa shape index (κ3) is 6.08. The Balaban J connectivity index is 1.42. The number of benzene rings is 2. The predicted octanol–water partition coefficient (Wildman–Crippen LogP) is 5.30. The van der Waals surface area contributed by atoms with Crippen molar-refractivity contribution in [2.75, 3.05) is 26.2 Å². The molecule has 0 aliphatic carbocycles. The first-order chi connectivity index (χ1) is 17.8. The third-order valence-corrected chi connectivity index (χ3v) is 8.02. The second-order valence-electron chi connectivity index (χ2n) is 9.08. The molecule has 37 heavy (non-hydrogen) atoms. The molecule has 0 saturated carbocycles. The molecule has 2 aromatic carbocycles. The van der Waals surface area contributed by atoms with Crippen molar-refractivity contribution in [2.24, 2.45) is 5.92 Å². The molecule has 2 saturated heterocycles. The molecule has 2 fully saturated rings. The van der Waals surface area contributed by atoms with Gasteiger partial charge in [0.25, 0.3) is 17.1 Å². The summed E-state index contributed by atoms with van der Waals surface area (Å²) in [5.41, 5.74) is 1.95. The number of rotatable bonds is 7. The molecule has 4 rings (SSSR count). The van der Waals surface area contributed by atoms with E-state index < -0.39 is 0 Å². The smallest absolute Gasteiger partial charge is 0.293 e. The van der Waals surface area contributed by atoms with Crippen LogP contribution in [0.2, 0.25) is 5.02 Å². The van der Waals surface area contributed by atoms with Crippen LogP contribution in [-0.4, -0.2) is 63.8 Å². The lowest BCUT2D eigenvalue weighted by Gasteiger charge is -2.34. The number of piperidine rings is 1. The summed E-state index contributed by atoms with van der Waals surface area (Å²) >= 11 is 7.08. The standard InChI is InChI=1S/C28H30ClN3O4S/c1-3-30(4-2)26(34)22-9-7-15-31(17-22)25(33)20-13-11-19(12-14-20)16-24-27(35)32(28(36)37-24)18-21-8-5-6-10-23(21)29/h5-6,8,10-14,16,22H,3-4,7,9,15,17-18H2,1-2H3/b24-16-/t22-/m1/s1. The lowest BCUT2D eigenvalue weighted by molar-refractivity contribution is -0.136. The van der Waals surface area contributed by atoms with Crippen LogP contribution in [0, 0.1) is 5.92 Å². The molecule has 0 unspecified atom stereocenters.